The summed E-state index contributed by atoms with van der Waals surface area (Å²) in [6.45, 7) is 6.27. The Labute approximate surface area is 204 Å². The maximum Gasteiger partial charge on any atom is 0.227 e. The van der Waals surface area contributed by atoms with Gasteiger partial charge in [-0.2, -0.15) is 22.5 Å². The van der Waals surface area contributed by atoms with Gasteiger partial charge in [0.15, 0.2) is 0 Å². The number of hydrogen-bond acceptors (Lipinski definition) is 11. The van der Waals surface area contributed by atoms with E-state index >= 15 is 0 Å². The van der Waals surface area contributed by atoms with Crippen LogP contribution in [0.1, 0.15) is 39.5 Å². The highest BCUT2D eigenvalue weighted by molar-refractivity contribution is 7.91. The number of rotatable bonds is 12. The molecule has 0 aromatic carbocycles. The van der Waals surface area contributed by atoms with Gasteiger partial charge in [0, 0.05) is 13.1 Å². The highest BCUT2D eigenvalue weighted by atomic mass is 31.3. The largest absolute Gasteiger partial charge is 0.253 e. The Kier molecular flexibility index (Phi) is 10.3. The number of nitrogens with zero attached hydrogens (tertiary/aromatic N) is 10. The van der Waals surface area contributed by atoms with Crippen molar-refractivity contribution in [3.8, 4) is 0 Å². The van der Waals surface area contributed by atoms with Crippen LogP contribution in [0.2, 0.25) is 0 Å². The fraction of sp³-hybridized carbons (Fsp3) is 1.00. The molecular formula is C18H49N11P4. The first-order valence-electron chi connectivity index (χ1n) is 11.8. The van der Waals surface area contributed by atoms with Gasteiger partial charge in [-0.15, -0.1) is 0 Å². The van der Waals surface area contributed by atoms with Crippen LogP contribution in [0.5, 0.6) is 0 Å². The van der Waals surface area contributed by atoms with Crippen LogP contribution in [-0.2, 0) is 0 Å². The third-order valence-electron chi connectivity index (χ3n) is 5.85. The normalized spacial score (nSPS) is 28.8. The molecular weight excluding hydrogens is 494 g/mol. The summed E-state index contributed by atoms with van der Waals surface area (Å²) in [6, 6.07) is 0. The zero-order valence-corrected chi connectivity index (χ0v) is 26.6. The first-order valence-corrected chi connectivity index (χ1v) is 18.2. The lowest BCUT2D eigenvalue weighted by Crippen LogP contribution is -2.37. The summed E-state index contributed by atoms with van der Waals surface area (Å²) in [5.41, 5.74) is 0. The van der Waals surface area contributed by atoms with Crippen molar-refractivity contribution in [3.05, 3.63) is 0 Å². The van der Waals surface area contributed by atoms with E-state index in [1.807, 2.05) is 0 Å². The molecule has 0 fully saturated rings. The van der Waals surface area contributed by atoms with E-state index in [0.717, 1.165) is 38.8 Å². The van der Waals surface area contributed by atoms with Gasteiger partial charge in [-0.25, -0.2) is 23.4 Å². The van der Waals surface area contributed by atoms with Gasteiger partial charge in [0.1, 0.15) is 0 Å². The molecule has 2 heterocycles. The maximum absolute atomic E-state index is 5.73. The van der Waals surface area contributed by atoms with Crippen LogP contribution >= 0.6 is 30.0 Å². The quantitative estimate of drug-likeness (QED) is 0.235. The minimum Gasteiger partial charge on any atom is -0.253 e. The summed E-state index contributed by atoms with van der Waals surface area (Å²) in [4.78, 5) is 0. The van der Waals surface area contributed by atoms with E-state index < -0.39 is 30.0 Å². The highest BCUT2D eigenvalue weighted by Crippen LogP contribution is 2.90. The molecule has 1 N–H and O–H groups in total. The summed E-state index contributed by atoms with van der Waals surface area (Å²) in [5.74, 6) is 0. The van der Waals surface area contributed by atoms with Crippen molar-refractivity contribution in [2.75, 3.05) is 83.6 Å². The Morgan fingerprint density at radius 2 is 1.09 bits per heavy atom. The van der Waals surface area contributed by atoms with Gasteiger partial charge in [0.05, 0.1) is 0 Å². The fourth-order valence-electron chi connectivity index (χ4n) is 3.93. The summed E-state index contributed by atoms with van der Waals surface area (Å²) in [5, 5.41) is 3.97. The third-order valence-corrected chi connectivity index (χ3v) is 22.8. The number of nitrogens with one attached hydrogen (secondary N) is 1. The number of hydrogen-bond donors (Lipinski definition) is 1. The van der Waals surface area contributed by atoms with Gasteiger partial charge in [0.25, 0.3) is 0 Å². The monoisotopic (exact) mass is 543 g/mol. The molecule has 0 spiro atoms. The Morgan fingerprint density at radius 1 is 0.606 bits per heavy atom. The average Bonchev–Trinajstić information content (AvgIpc) is 2.70. The molecule has 196 valence electrons. The molecule has 15 heteroatoms. The van der Waals surface area contributed by atoms with Crippen molar-refractivity contribution in [2.45, 2.75) is 39.5 Å². The van der Waals surface area contributed by atoms with Crippen LogP contribution in [0.4, 0.5) is 0 Å². The predicted octanol–water partition coefficient (Wildman–Crippen LogP) is 6.10. The molecule has 2 rings (SSSR count). The molecule has 2 aliphatic rings. The van der Waals surface area contributed by atoms with Crippen molar-refractivity contribution in [1.82, 2.24) is 32.9 Å². The smallest absolute Gasteiger partial charge is 0.227 e. The maximum atomic E-state index is 5.73. The summed E-state index contributed by atoms with van der Waals surface area (Å²) in [6.07, 6.45) is 4.42. The van der Waals surface area contributed by atoms with Gasteiger partial charge >= 0.3 is 0 Å². The lowest BCUT2D eigenvalue weighted by atomic mass is 10.3. The second-order valence-electron chi connectivity index (χ2n) is 9.48. The molecule has 0 amide bonds. The number of unbranched alkanes of at least 4 members (excludes halogenated alkanes) is 2. The van der Waals surface area contributed by atoms with Crippen molar-refractivity contribution >= 4 is 30.0 Å². The van der Waals surface area contributed by atoms with Crippen LogP contribution in [0, 0.1) is 0 Å². The Bertz CT molecular complexity index is 869. The van der Waals surface area contributed by atoms with Gasteiger partial charge in [-0.05, 0) is 83.3 Å². The van der Waals surface area contributed by atoms with Crippen molar-refractivity contribution in [1.29, 1.82) is 0 Å². The Morgan fingerprint density at radius 3 is 1.52 bits per heavy atom. The second kappa shape index (κ2) is 11.4. The second-order valence-corrected chi connectivity index (χ2v) is 22.3. The summed E-state index contributed by atoms with van der Waals surface area (Å²) in [7, 11) is 11.4. The van der Waals surface area contributed by atoms with E-state index in [0.29, 0.717) is 0 Å². The summed E-state index contributed by atoms with van der Waals surface area (Å²) >= 11 is 0. The Hall–Kier alpha value is 0.640. The highest BCUT2D eigenvalue weighted by Gasteiger charge is 2.54. The van der Waals surface area contributed by atoms with Gasteiger partial charge in [-0.3, -0.25) is 5.09 Å². The molecule has 0 aliphatic carbocycles. The molecule has 0 saturated carbocycles. The first-order chi connectivity index (χ1) is 15.3. The summed E-state index contributed by atoms with van der Waals surface area (Å²) < 4.78 is 36.6. The minimum absolute atomic E-state index is 0.898. The van der Waals surface area contributed by atoms with Gasteiger partial charge in [-0.1, -0.05) is 26.7 Å². The van der Waals surface area contributed by atoms with Gasteiger partial charge in [0.2, 0.25) is 30.0 Å². The predicted molar refractivity (Wildman–Crippen MR) is 150 cm³/mol. The fourth-order valence-corrected chi connectivity index (χ4v) is 26.0. The lowest BCUT2D eigenvalue weighted by molar-refractivity contribution is 0.523. The lowest BCUT2D eigenvalue weighted by Gasteiger charge is -2.54. The minimum atomic E-state index is -2.50. The molecule has 2 bridgehead atoms. The van der Waals surface area contributed by atoms with E-state index in [9.17, 15) is 0 Å². The molecule has 0 aromatic heterocycles. The van der Waals surface area contributed by atoms with E-state index in [2.05, 4.69) is 117 Å². The molecule has 11 nitrogen and oxygen atoms in total. The third kappa shape index (κ3) is 5.22. The molecule has 2 unspecified atom stereocenters. The first kappa shape index (κ1) is 29.9. The molecule has 0 aromatic rings. The van der Waals surface area contributed by atoms with E-state index in [4.69, 9.17) is 18.1 Å². The van der Waals surface area contributed by atoms with Crippen molar-refractivity contribution in [3.63, 3.8) is 0 Å². The van der Waals surface area contributed by atoms with Crippen LogP contribution in [0.15, 0.2) is 18.1 Å². The SMILES string of the molecule is CCCCNP12=NP(N(C)C)(N(C)C)=NP(N(C)C)(=NP(N(C)C)(N(C)C)=N1)N2CCCC. The molecule has 0 saturated heterocycles. The van der Waals surface area contributed by atoms with E-state index in [-0.39, 0.29) is 0 Å². The number of fused-ring (bicyclic) bond motifs is 2. The zero-order chi connectivity index (χ0) is 25.2. The average molecular weight is 544 g/mol. The van der Waals surface area contributed by atoms with E-state index in [1.54, 1.807) is 0 Å². The van der Waals surface area contributed by atoms with Crippen molar-refractivity contribution in [2.24, 2.45) is 18.1 Å². The van der Waals surface area contributed by atoms with Crippen LogP contribution in [0.3, 0.4) is 0 Å². The van der Waals surface area contributed by atoms with Crippen LogP contribution in [0.25, 0.3) is 0 Å². The van der Waals surface area contributed by atoms with Gasteiger partial charge < -0.3 is 0 Å². The molecule has 2 atom stereocenters. The Balaban J connectivity index is 3.13. The molecule has 33 heavy (non-hydrogen) atoms. The van der Waals surface area contributed by atoms with E-state index in [1.165, 1.54) is 0 Å². The topological polar surface area (TPSA) is 80.9 Å². The van der Waals surface area contributed by atoms with Crippen molar-refractivity contribution < 1.29 is 0 Å². The molecule has 0 radical (unpaired) electrons. The van der Waals surface area contributed by atoms with Crippen LogP contribution < -0.4 is 5.09 Å². The van der Waals surface area contributed by atoms with Crippen LogP contribution in [-0.4, -0.2) is 111 Å². The molecule has 2 aliphatic heterocycles. The standard InChI is InChI=1S/C18H49N11P4/c1-13-15-17-19-30-20-31(24(3)4,25(5)6)22-33(28(11)12,29(30)18-16-14-2)23-32(21-30,26(7)8)27(9)10/h19H,13-18H2,1-12H3. The zero-order valence-electron chi connectivity index (χ0n) is 23.0.